The van der Waals surface area contributed by atoms with Gasteiger partial charge in [-0.05, 0) is 32.0 Å². The van der Waals surface area contributed by atoms with Crippen LogP contribution in [0.5, 0.6) is 5.75 Å². The van der Waals surface area contributed by atoms with E-state index in [0.717, 1.165) is 16.3 Å². The number of carbonyl (C=O) groups is 3. The summed E-state index contributed by atoms with van der Waals surface area (Å²) in [5.74, 6) is -1.26. The lowest BCUT2D eigenvalue weighted by Crippen LogP contribution is -2.46. The number of carbonyl (C=O) groups excluding carboxylic acids is 3. The van der Waals surface area contributed by atoms with Gasteiger partial charge in [-0.25, -0.2) is 14.8 Å². The van der Waals surface area contributed by atoms with Gasteiger partial charge in [-0.15, -0.1) is 5.06 Å². The quantitative estimate of drug-likeness (QED) is 0.269. The van der Waals surface area contributed by atoms with Crippen LogP contribution in [0.25, 0.3) is 32.8 Å². The molecule has 1 aromatic heterocycles. The monoisotopic (exact) mass is 471 g/mol. The lowest BCUT2D eigenvalue weighted by Gasteiger charge is -2.38. The Morgan fingerprint density at radius 1 is 1.03 bits per heavy atom. The van der Waals surface area contributed by atoms with Gasteiger partial charge in [-0.2, -0.15) is 0 Å². The molecule has 2 aliphatic rings. The molecule has 0 aliphatic carbocycles. The Labute approximate surface area is 199 Å². The number of fused-ring (bicyclic) bond motifs is 7. The van der Waals surface area contributed by atoms with Crippen LogP contribution in [-0.4, -0.2) is 49.6 Å². The Kier molecular flexibility index (Phi) is 4.56. The highest BCUT2D eigenvalue weighted by atomic mass is 16.7. The lowest BCUT2D eigenvalue weighted by molar-refractivity contribution is -0.172. The summed E-state index contributed by atoms with van der Waals surface area (Å²) < 4.78 is 6.26. The minimum atomic E-state index is -0.835. The Hall–Kier alpha value is -4.11. The SMILES string of the molecule is CC1(C)Oc2c(c3nc4cc(C(=O)ON5C(=O)CCC5=O)ccc4nc3c3ccccc23)CC1O. The van der Waals surface area contributed by atoms with Crippen molar-refractivity contribution in [2.24, 2.45) is 0 Å². The number of ether oxygens (including phenoxy) is 1. The Morgan fingerprint density at radius 2 is 1.71 bits per heavy atom. The fourth-order valence-electron chi connectivity index (χ4n) is 4.61. The molecule has 35 heavy (non-hydrogen) atoms. The average molecular weight is 471 g/mol. The Bertz CT molecular complexity index is 1580. The topological polar surface area (TPSA) is 119 Å². The molecular weight excluding hydrogens is 450 g/mol. The molecule has 1 unspecified atom stereocenters. The first-order chi connectivity index (χ1) is 16.7. The van der Waals surface area contributed by atoms with Crippen molar-refractivity contribution in [3.8, 4) is 5.75 Å². The van der Waals surface area contributed by atoms with Gasteiger partial charge in [0.25, 0.3) is 11.8 Å². The standard InChI is InChI=1S/C26H21N3O6/c1-26(2)19(30)12-16-23-22(14-5-3-4-6-15(14)24(16)34-26)27-17-8-7-13(11-18(17)28-23)25(33)35-29-20(31)9-10-21(29)32/h3-8,11,19,30H,9-10,12H2,1-2H3. The first-order valence-electron chi connectivity index (χ1n) is 11.3. The van der Waals surface area contributed by atoms with E-state index >= 15 is 0 Å². The van der Waals surface area contributed by atoms with Crippen LogP contribution in [0, 0.1) is 0 Å². The summed E-state index contributed by atoms with van der Waals surface area (Å²) in [6.45, 7) is 3.69. The van der Waals surface area contributed by atoms with Gasteiger partial charge in [-0.1, -0.05) is 24.3 Å². The van der Waals surface area contributed by atoms with E-state index in [-0.39, 0.29) is 18.4 Å². The summed E-state index contributed by atoms with van der Waals surface area (Å²) in [5.41, 5.74) is 2.36. The molecule has 3 aromatic carbocycles. The first kappa shape index (κ1) is 21.4. The van der Waals surface area contributed by atoms with Gasteiger partial charge in [0, 0.05) is 35.6 Å². The number of hydrogen-bond acceptors (Lipinski definition) is 8. The van der Waals surface area contributed by atoms with Crippen LogP contribution in [0.1, 0.15) is 42.6 Å². The third kappa shape index (κ3) is 3.30. The maximum Gasteiger partial charge on any atom is 0.363 e. The Morgan fingerprint density at radius 3 is 2.46 bits per heavy atom. The lowest BCUT2D eigenvalue weighted by atomic mass is 9.88. The van der Waals surface area contributed by atoms with E-state index in [1.807, 2.05) is 38.1 Å². The molecule has 9 nitrogen and oxygen atoms in total. The molecule has 1 atom stereocenters. The smallest absolute Gasteiger partial charge is 0.363 e. The molecule has 2 amide bonds. The van der Waals surface area contributed by atoms with Gasteiger partial charge >= 0.3 is 5.97 Å². The van der Waals surface area contributed by atoms with Crippen LogP contribution >= 0.6 is 0 Å². The molecule has 9 heteroatoms. The number of hydrogen-bond donors (Lipinski definition) is 1. The molecule has 4 aromatic rings. The largest absolute Gasteiger partial charge is 0.484 e. The van der Waals surface area contributed by atoms with E-state index < -0.39 is 29.5 Å². The van der Waals surface area contributed by atoms with Crippen LogP contribution in [0.3, 0.4) is 0 Å². The van der Waals surface area contributed by atoms with Gasteiger partial charge in [-0.3, -0.25) is 9.59 Å². The zero-order valence-electron chi connectivity index (χ0n) is 19.1. The van der Waals surface area contributed by atoms with Crippen LogP contribution < -0.4 is 4.74 Å². The summed E-state index contributed by atoms with van der Waals surface area (Å²) >= 11 is 0. The van der Waals surface area contributed by atoms with Gasteiger partial charge in [0.1, 0.15) is 11.4 Å². The maximum atomic E-state index is 12.7. The number of aliphatic hydroxyl groups is 1. The molecule has 1 saturated heterocycles. The first-order valence-corrected chi connectivity index (χ1v) is 11.3. The number of nitrogens with zero attached hydrogens (tertiary/aromatic N) is 3. The maximum absolute atomic E-state index is 12.7. The fraction of sp³-hybridized carbons (Fsp3) is 0.269. The summed E-state index contributed by atoms with van der Waals surface area (Å²) in [6.07, 6.45) is -0.366. The van der Waals surface area contributed by atoms with Gasteiger partial charge < -0.3 is 14.7 Å². The number of imide groups is 1. The van der Waals surface area contributed by atoms with Crippen LogP contribution in [0.4, 0.5) is 0 Å². The van der Waals surface area contributed by atoms with Crippen molar-refractivity contribution in [3.05, 3.63) is 53.6 Å². The molecule has 3 heterocycles. The molecule has 2 aliphatic heterocycles. The third-order valence-corrected chi connectivity index (χ3v) is 6.63. The molecule has 0 bridgehead atoms. The second kappa shape index (κ2) is 7.44. The van der Waals surface area contributed by atoms with Gasteiger partial charge in [0.05, 0.1) is 33.7 Å². The van der Waals surface area contributed by atoms with Crippen molar-refractivity contribution in [1.29, 1.82) is 0 Å². The molecule has 0 spiro atoms. The van der Waals surface area contributed by atoms with E-state index in [1.165, 1.54) is 12.1 Å². The number of aliphatic hydroxyl groups excluding tert-OH is 1. The number of hydroxylamine groups is 2. The van der Waals surface area contributed by atoms with E-state index in [1.54, 1.807) is 6.07 Å². The molecule has 0 saturated carbocycles. The molecule has 1 fully saturated rings. The van der Waals surface area contributed by atoms with Crippen molar-refractivity contribution in [2.75, 3.05) is 0 Å². The van der Waals surface area contributed by atoms with Gasteiger partial charge in [0.2, 0.25) is 0 Å². The van der Waals surface area contributed by atoms with Crippen molar-refractivity contribution in [3.63, 3.8) is 0 Å². The number of amides is 2. The molecule has 1 N–H and O–H groups in total. The summed E-state index contributed by atoms with van der Waals surface area (Å²) in [7, 11) is 0. The van der Waals surface area contributed by atoms with E-state index in [4.69, 9.17) is 19.5 Å². The zero-order valence-corrected chi connectivity index (χ0v) is 19.1. The highest BCUT2D eigenvalue weighted by Crippen LogP contribution is 2.43. The predicted molar refractivity (Wildman–Crippen MR) is 125 cm³/mol. The molecule has 176 valence electrons. The number of rotatable bonds is 2. The van der Waals surface area contributed by atoms with E-state index in [2.05, 4.69) is 0 Å². The van der Waals surface area contributed by atoms with E-state index in [0.29, 0.717) is 39.3 Å². The van der Waals surface area contributed by atoms with Crippen LogP contribution in [-0.2, 0) is 20.8 Å². The summed E-state index contributed by atoms with van der Waals surface area (Å²) in [6, 6.07) is 12.4. The van der Waals surface area contributed by atoms with Crippen molar-refractivity contribution in [1.82, 2.24) is 15.0 Å². The van der Waals surface area contributed by atoms with Crippen LogP contribution in [0.15, 0.2) is 42.5 Å². The third-order valence-electron chi connectivity index (χ3n) is 6.63. The number of aromatic nitrogens is 2. The average Bonchev–Trinajstić information content (AvgIpc) is 3.16. The number of benzene rings is 3. The second-order valence-corrected chi connectivity index (χ2v) is 9.36. The zero-order chi connectivity index (χ0) is 24.5. The predicted octanol–water partition coefficient (Wildman–Crippen LogP) is 3.23. The van der Waals surface area contributed by atoms with Crippen molar-refractivity contribution < 1.29 is 29.1 Å². The fourth-order valence-corrected chi connectivity index (χ4v) is 4.61. The molecule has 0 radical (unpaired) electrons. The second-order valence-electron chi connectivity index (χ2n) is 9.36. The van der Waals surface area contributed by atoms with Gasteiger partial charge in [0.15, 0.2) is 0 Å². The minimum Gasteiger partial charge on any atom is -0.484 e. The summed E-state index contributed by atoms with van der Waals surface area (Å²) in [5, 5.41) is 13.0. The molecule has 6 rings (SSSR count). The normalized spacial score (nSPS) is 19.3. The van der Waals surface area contributed by atoms with Crippen molar-refractivity contribution in [2.45, 2.75) is 44.8 Å². The van der Waals surface area contributed by atoms with Crippen molar-refractivity contribution >= 4 is 50.6 Å². The Balaban J connectivity index is 1.51. The highest BCUT2D eigenvalue weighted by molar-refractivity contribution is 6.11. The molecular formula is C26H21N3O6. The summed E-state index contributed by atoms with van der Waals surface area (Å²) in [4.78, 5) is 50.9. The van der Waals surface area contributed by atoms with E-state index in [9.17, 15) is 19.5 Å². The van der Waals surface area contributed by atoms with Crippen LogP contribution in [0.2, 0.25) is 0 Å². The minimum absolute atomic E-state index is 0.0189. The highest BCUT2D eigenvalue weighted by Gasteiger charge is 2.38.